The van der Waals surface area contributed by atoms with E-state index in [0.29, 0.717) is 18.8 Å². The summed E-state index contributed by atoms with van der Waals surface area (Å²) in [7, 11) is 0. The molecule has 0 spiro atoms. The van der Waals surface area contributed by atoms with Crippen molar-refractivity contribution in [1.82, 2.24) is 9.97 Å². The van der Waals surface area contributed by atoms with Crippen molar-refractivity contribution in [3.8, 4) is 0 Å². The SMILES string of the molecule is O=C(O)c1cnc(NCCCO)cn1. The second kappa shape index (κ2) is 5.13. The number of carboxylic acids is 1. The Morgan fingerprint density at radius 1 is 1.43 bits per heavy atom. The molecular formula is C8H11N3O3. The normalized spacial score (nSPS) is 9.79. The number of aliphatic hydroxyl groups is 1. The molecule has 0 aliphatic carbocycles. The number of anilines is 1. The molecule has 0 saturated carbocycles. The minimum absolute atomic E-state index is 0.0855. The molecule has 6 heteroatoms. The fraction of sp³-hybridized carbons (Fsp3) is 0.375. The number of aliphatic hydroxyl groups excluding tert-OH is 1. The fourth-order valence-electron chi connectivity index (χ4n) is 0.825. The van der Waals surface area contributed by atoms with E-state index < -0.39 is 5.97 Å². The Balaban J connectivity index is 2.51. The predicted molar refractivity (Wildman–Crippen MR) is 49.2 cm³/mol. The molecule has 0 aliphatic rings. The van der Waals surface area contributed by atoms with Crippen LogP contribution in [0.2, 0.25) is 0 Å². The zero-order valence-electron chi connectivity index (χ0n) is 7.47. The van der Waals surface area contributed by atoms with E-state index in [0.717, 1.165) is 0 Å². The van der Waals surface area contributed by atoms with Gasteiger partial charge >= 0.3 is 5.97 Å². The molecule has 1 aromatic rings. The van der Waals surface area contributed by atoms with E-state index in [2.05, 4.69) is 15.3 Å². The van der Waals surface area contributed by atoms with Gasteiger partial charge < -0.3 is 15.5 Å². The first-order valence-electron chi connectivity index (χ1n) is 4.14. The Morgan fingerprint density at radius 3 is 2.71 bits per heavy atom. The Hall–Kier alpha value is -1.69. The van der Waals surface area contributed by atoms with E-state index in [1.165, 1.54) is 12.4 Å². The Bertz CT molecular complexity index is 299. The maximum Gasteiger partial charge on any atom is 0.356 e. The highest BCUT2D eigenvalue weighted by Gasteiger charge is 2.03. The molecule has 0 bridgehead atoms. The molecule has 0 amide bonds. The number of aromatic nitrogens is 2. The molecule has 0 atom stereocenters. The summed E-state index contributed by atoms with van der Waals surface area (Å²) in [5.74, 6) is -0.595. The highest BCUT2D eigenvalue weighted by atomic mass is 16.4. The minimum atomic E-state index is -1.10. The molecule has 0 radical (unpaired) electrons. The molecule has 0 aliphatic heterocycles. The lowest BCUT2D eigenvalue weighted by Gasteiger charge is -2.02. The number of carboxylic acid groups (broad SMARTS) is 1. The number of aromatic carboxylic acids is 1. The van der Waals surface area contributed by atoms with Gasteiger partial charge in [-0.2, -0.15) is 0 Å². The highest BCUT2D eigenvalue weighted by Crippen LogP contribution is 2.00. The second-order valence-electron chi connectivity index (χ2n) is 2.60. The van der Waals surface area contributed by atoms with Crippen molar-refractivity contribution in [1.29, 1.82) is 0 Å². The molecular weight excluding hydrogens is 186 g/mol. The van der Waals surface area contributed by atoms with Gasteiger partial charge in [-0.3, -0.25) is 0 Å². The quantitative estimate of drug-likeness (QED) is 0.574. The van der Waals surface area contributed by atoms with Gasteiger partial charge in [-0.1, -0.05) is 0 Å². The predicted octanol–water partition coefficient (Wildman–Crippen LogP) is -0.0309. The third-order valence-corrected chi connectivity index (χ3v) is 1.51. The smallest absolute Gasteiger partial charge is 0.356 e. The van der Waals surface area contributed by atoms with Crippen LogP contribution in [-0.4, -0.2) is 39.3 Å². The Labute approximate surface area is 80.6 Å². The average Bonchev–Trinajstić information content (AvgIpc) is 2.19. The largest absolute Gasteiger partial charge is 0.476 e. The van der Waals surface area contributed by atoms with Crippen LogP contribution in [0.15, 0.2) is 12.4 Å². The van der Waals surface area contributed by atoms with Gasteiger partial charge in [-0.25, -0.2) is 14.8 Å². The summed E-state index contributed by atoms with van der Waals surface area (Å²) in [5.41, 5.74) is -0.0855. The van der Waals surface area contributed by atoms with Gasteiger partial charge in [-0.15, -0.1) is 0 Å². The van der Waals surface area contributed by atoms with Gasteiger partial charge in [0.1, 0.15) is 5.82 Å². The number of nitrogens with zero attached hydrogens (tertiary/aromatic N) is 2. The third-order valence-electron chi connectivity index (χ3n) is 1.51. The van der Waals surface area contributed by atoms with Crippen LogP contribution in [0.1, 0.15) is 16.9 Å². The van der Waals surface area contributed by atoms with E-state index in [1.54, 1.807) is 0 Å². The van der Waals surface area contributed by atoms with Crippen LogP contribution in [-0.2, 0) is 0 Å². The van der Waals surface area contributed by atoms with Crippen molar-refractivity contribution in [2.24, 2.45) is 0 Å². The van der Waals surface area contributed by atoms with E-state index in [1.807, 2.05) is 0 Å². The first-order valence-corrected chi connectivity index (χ1v) is 4.14. The standard InChI is InChI=1S/C8H11N3O3/c12-3-1-2-9-7-5-10-6(4-11-7)8(13)14/h4-5,12H,1-3H2,(H,9,11)(H,13,14). The number of hydrogen-bond acceptors (Lipinski definition) is 5. The number of nitrogens with one attached hydrogen (secondary N) is 1. The van der Waals surface area contributed by atoms with Crippen molar-refractivity contribution < 1.29 is 15.0 Å². The molecule has 14 heavy (non-hydrogen) atoms. The lowest BCUT2D eigenvalue weighted by atomic mass is 10.4. The fourth-order valence-corrected chi connectivity index (χ4v) is 0.825. The summed E-state index contributed by atoms with van der Waals surface area (Å²) in [6, 6.07) is 0. The maximum atomic E-state index is 10.4. The van der Waals surface area contributed by atoms with Gasteiger partial charge in [0.05, 0.1) is 12.4 Å². The van der Waals surface area contributed by atoms with Gasteiger partial charge in [0.15, 0.2) is 5.69 Å². The van der Waals surface area contributed by atoms with Crippen LogP contribution in [0.4, 0.5) is 5.82 Å². The molecule has 1 aromatic heterocycles. The topological polar surface area (TPSA) is 95.3 Å². The lowest BCUT2D eigenvalue weighted by molar-refractivity contribution is 0.0690. The van der Waals surface area contributed by atoms with Gasteiger partial charge in [0.2, 0.25) is 0 Å². The average molecular weight is 197 g/mol. The Morgan fingerprint density at radius 2 is 2.21 bits per heavy atom. The van der Waals surface area contributed by atoms with Crippen molar-refractivity contribution in [3.63, 3.8) is 0 Å². The summed E-state index contributed by atoms with van der Waals surface area (Å²) in [6.07, 6.45) is 3.15. The van der Waals surface area contributed by atoms with Crippen molar-refractivity contribution >= 4 is 11.8 Å². The lowest BCUT2D eigenvalue weighted by Crippen LogP contribution is -2.07. The highest BCUT2D eigenvalue weighted by molar-refractivity contribution is 5.84. The second-order valence-corrected chi connectivity index (χ2v) is 2.60. The molecule has 76 valence electrons. The van der Waals surface area contributed by atoms with Crippen molar-refractivity contribution in [3.05, 3.63) is 18.1 Å². The van der Waals surface area contributed by atoms with Crippen molar-refractivity contribution in [2.75, 3.05) is 18.5 Å². The van der Waals surface area contributed by atoms with E-state index in [9.17, 15) is 4.79 Å². The number of rotatable bonds is 5. The van der Waals surface area contributed by atoms with Crippen LogP contribution >= 0.6 is 0 Å². The van der Waals surface area contributed by atoms with Crippen LogP contribution in [0.3, 0.4) is 0 Å². The van der Waals surface area contributed by atoms with E-state index in [4.69, 9.17) is 10.2 Å². The monoisotopic (exact) mass is 197 g/mol. The molecule has 0 unspecified atom stereocenters. The summed E-state index contributed by atoms with van der Waals surface area (Å²) < 4.78 is 0. The zero-order chi connectivity index (χ0) is 10.4. The zero-order valence-corrected chi connectivity index (χ0v) is 7.47. The maximum absolute atomic E-state index is 10.4. The molecule has 1 heterocycles. The molecule has 1 rings (SSSR count). The van der Waals surface area contributed by atoms with Gasteiger partial charge in [0.25, 0.3) is 0 Å². The molecule has 6 nitrogen and oxygen atoms in total. The first kappa shape index (κ1) is 10.4. The summed E-state index contributed by atoms with van der Waals surface area (Å²) in [6.45, 7) is 0.686. The van der Waals surface area contributed by atoms with Crippen LogP contribution in [0.25, 0.3) is 0 Å². The Kier molecular flexibility index (Phi) is 3.81. The summed E-state index contributed by atoms with van der Waals surface area (Å²) in [5, 5.41) is 19.9. The first-order chi connectivity index (χ1) is 6.74. The molecule has 0 saturated heterocycles. The molecule has 0 fully saturated rings. The number of hydrogen-bond donors (Lipinski definition) is 3. The molecule has 3 N–H and O–H groups in total. The molecule has 0 aromatic carbocycles. The van der Waals surface area contributed by atoms with Crippen molar-refractivity contribution in [2.45, 2.75) is 6.42 Å². The number of carbonyl (C=O) groups is 1. The third kappa shape index (κ3) is 2.98. The van der Waals surface area contributed by atoms with Gasteiger partial charge in [-0.05, 0) is 6.42 Å². The summed E-state index contributed by atoms with van der Waals surface area (Å²) >= 11 is 0. The van der Waals surface area contributed by atoms with Crippen LogP contribution in [0.5, 0.6) is 0 Å². The summed E-state index contributed by atoms with van der Waals surface area (Å²) in [4.78, 5) is 17.9. The van der Waals surface area contributed by atoms with E-state index >= 15 is 0 Å². The van der Waals surface area contributed by atoms with E-state index in [-0.39, 0.29) is 12.3 Å². The van der Waals surface area contributed by atoms with Crippen LogP contribution < -0.4 is 5.32 Å². The van der Waals surface area contributed by atoms with Crippen LogP contribution in [0, 0.1) is 0 Å². The van der Waals surface area contributed by atoms with Gasteiger partial charge in [0, 0.05) is 13.2 Å². The minimum Gasteiger partial charge on any atom is -0.476 e.